The van der Waals surface area contributed by atoms with Gasteiger partial charge >= 0.3 is 0 Å². The zero-order valence-electron chi connectivity index (χ0n) is 10.1. The van der Waals surface area contributed by atoms with Crippen LogP contribution in [0, 0.1) is 6.92 Å². The van der Waals surface area contributed by atoms with E-state index in [1.807, 2.05) is 11.3 Å². The first-order valence-electron chi connectivity index (χ1n) is 6.25. The molecular weight excluding hydrogens is 228 g/mol. The summed E-state index contributed by atoms with van der Waals surface area (Å²) >= 11 is 1.88. The number of nitrogens with two attached hydrogens (primary N) is 1. The fraction of sp³-hybridized carbons (Fsp3) is 0.429. The Morgan fingerprint density at radius 3 is 3.18 bits per heavy atom. The number of fused-ring (bicyclic) bond motifs is 1. The van der Waals surface area contributed by atoms with E-state index in [-0.39, 0.29) is 0 Å². The van der Waals surface area contributed by atoms with E-state index in [9.17, 15) is 0 Å². The highest BCUT2D eigenvalue weighted by atomic mass is 32.1. The number of benzene rings is 1. The lowest BCUT2D eigenvalue weighted by atomic mass is 10.1. The number of nitrogens with zero attached hydrogens (tertiary/aromatic N) is 1. The lowest BCUT2D eigenvalue weighted by Crippen LogP contribution is -2.35. The van der Waals surface area contributed by atoms with Crippen LogP contribution in [-0.2, 0) is 0 Å². The Morgan fingerprint density at radius 1 is 1.47 bits per heavy atom. The molecule has 1 aliphatic rings. The van der Waals surface area contributed by atoms with Gasteiger partial charge in [0.05, 0.1) is 0 Å². The van der Waals surface area contributed by atoms with Gasteiger partial charge in [-0.25, -0.2) is 0 Å². The third kappa shape index (κ3) is 1.83. The van der Waals surface area contributed by atoms with Gasteiger partial charge in [-0.05, 0) is 38.0 Å². The van der Waals surface area contributed by atoms with Crippen molar-refractivity contribution in [3.8, 4) is 0 Å². The molecule has 0 saturated carbocycles. The minimum absolute atomic E-state index is 0.529. The lowest BCUT2D eigenvalue weighted by Gasteiger charge is -2.26. The van der Waals surface area contributed by atoms with Gasteiger partial charge in [0.15, 0.2) is 0 Å². The van der Waals surface area contributed by atoms with Gasteiger partial charge < -0.3 is 10.6 Å². The van der Waals surface area contributed by atoms with Crippen molar-refractivity contribution >= 4 is 27.1 Å². The Morgan fingerprint density at radius 2 is 2.35 bits per heavy atom. The molecule has 1 atom stereocenters. The van der Waals surface area contributed by atoms with Crippen LogP contribution in [0.2, 0.25) is 0 Å². The lowest BCUT2D eigenvalue weighted by molar-refractivity contribution is 0.678. The molecule has 1 saturated heterocycles. The minimum atomic E-state index is 0.529. The predicted molar refractivity (Wildman–Crippen MR) is 76.0 cm³/mol. The van der Waals surface area contributed by atoms with Crippen molar-refractivity contribution in [1.82, 2.24) is 0 Å². The van der Waals surface area contributed by atoms with Gasteiger partial charge in [0.2, 0.25) is 0 Å². The summed E-state index contributed by atoms with van der Waals surface area (Å²) in [6.45, 7) is 4.09. The van der Waals surface area contributed by atoms with Crippen molar-refractivity contribution < 1.29 is 0 Å². The first-order valence-corrected chi connectivity index (χ1v) is 7.07. The summed E-state index contributed by atoms with van der Waals surface area (Å²) < 4.78 is 1.39. The second-order valence-electron chi connectivity index (χ2n) is 4.77. The zero-order valence-corrected chi connectivity index (χ0v) is 11.0. The van der Waals surface area contributed by atoms with E-state index in [2.05, 4.69) is 36.1 Å². The summed E-state index contributed by atoms with van der Waals surface area (Å²) in [6.07, 6.45) is 2.50. The molecule has 3 heteroatoms. The van der Waals surface area contributed by atoms with Crippen molar-refractivity contribution in [1.29, 1.82) is 0 Å². The highest BCUT2D eigenvalue weighted by Gasteiger charge is 2.24. The molecule has 0 amide bonds. The van der Waals surface area contributed by atoms with E-state index >= 15 is 0 Å². The van der Waals surface area contributed by atoms with E-state index in [4.69, 9.17) is 5.73 Å². The molecule has 1 unspecified atom stereocenters. The van der Waals surface area contributed by atoms with Crippen LogP contribution in [0.25, 0.3) is 10.1 Å². The Bertz CT molecular complexity index is 532. The van der Waals surface area contributed by atoms with E-state index in [0.29, 0.717) is 6.04 Å². The van der Waals surface area contributed by atoms with Crippen LogP contribution in [0.3, 0.4) is 0 Å². The topological polar surface area (TPSA) is 29.3 Å². The van der Waals surface area contributed by atoms with Crippen molar-refractivity contribution in [3.05, 3.63) is 29.1 Å². The highest BCUT2D eigenvalue weighted by molar-refractivity contribution is 7.19. The molecule has 1 aromatic heterocycles. The largest absolute Gasteiger partial charge is 0.367 e. The highest BCUT2D eigenvalue weighted by Crippen LogP contribution is 2.35. The standard InChI is InChI=1S/C14H18N2S/c1-10-8-12-13(5-2-6-14(12)17-10)16-7-3-4-11(16)9-15/h2,5-6,8,11H,3-4,7,9,15H2,1H3. The van der Waals surface area contributed by atoms with Gasteiger partial charge in [-0.2, -0.15) is 0 Å². The summed E-state index contributed by atoms with van der Waals surface area (Å²) in [5.41, 5.74) is 7.25. The molecule has 0 spiro atoms. The molecule has 0 bridgehead atoms. The Hall–Kier alpha value is -1.06. The first kappa shape index (κ1) is 11.1. The smallest absolute Gasteiger partial charge is 0.0457 e. The van der Waals surface area contributed by atoms with Gasteiger partial charge in [0.25, 0.3) is 0 Å². The van der Waals surface area contributed by atoms with Crippen LogP contribution in [0.5, 0.6) is 0 Å². The Balaban J connectivity index is 2.10. The van der Waals surface area contributed by atoms with Crippen LogP contribution in [-0.4, -0.2) is 19.1 Å². The maximum Gasteiger partial charge on any atom is 0.0457 e. The fourth-order valence-electron chi connectivity index (χ4n) is 2.82. The molecule has 1 aliphatic heterocycles. The molecule has 1 aromatic carbocycles. The number of rotatable bonds is 2. The molecule has 2 N–H and O–H groups in total. The second-order valence-corrected chi connectivity index (χ2v) is 6.06. The molecule has 2 nitrogen and oxygen atoms in total. The number of anilines is 1. The average Bonchev–Trinajstić information content (AvgIpc) is 2.92. The first-order chi connectivity index (χ1) is 8.29. The zero-order chi connectivity index (χ0) is 11.8. The normalized spacial score (nSPS) is 20.4. The molecule has 2 heterocycles. The maximum absolute atomic E-state index is 5.87. The van der Waals surface area contributed by atoms with E-state index in [0.717, 1.165) is 13.1 Å². The second kappa shape index (κ2) is 4.31. The molecular formula is C14H18N2S. The van der Waals surface area contributed by atoms with Crippen LogP contribution < -0.4 is 10.6 Å². The Kier molecular flexibility index (Phi) is 2.81. The fourth-order valence-corrected chi connectivity index (χ4v) is 3.76. The summed E-state index contributed by atoms with van der Waals surface area (Å²) in [7, 11) is 0. The number of aryl methyl sites for hydroxylation is 1. The van der Waals surface area contributed by atoms with Gasteiger partial charge in [-0.15, -0.1) is 11.3 Å². The summed E-state index contributed by atoms with van der Waals surface area (Å²) in [6, 6.07) is 9.45. The number of hydrogen-bond donors (Lipinski definition) is 1. The van der Waals surface area contributed by atoms with E-state index in [1.54, 1.807) is 0 Å². The van der Waals surface area contributed by atoms with Crippen molar-refractivity contribution in [3.63, 3.8) is 0 Å². The van der Waals surface area contributed by atoms with E-state index < -0.39 is 0 Å². The number of hydrogen-bond acceptors (Lipinski definition) is 3. The van der Waals surface area contributed by atoms with Crippen LogP contribution in [0.1, 0.15) is 17.7 Å². The summed E-state index contributed by atoms with van der Waals surface area (Å²) in [5.74, 6) is 0. The van der Waals surface area contributed by atoms with Gasteiger partial charge in [0, 0.05) is 39.8 Å². The summed E-state index contributed by atoms with van der Waals surface area (Å²) in [5, 5.41) is 1.40. The third-order valence-corrected chi connectivity index (χ3v) is 4.64. The molecule has 2 aromatic rings. The number of thiophene rings is 1. The quantitative estimate of drug-likeness (QED) is 0.882. The van der Waals surface area contributed by atoms with Crippen molar-refractivity contribution in [2.45, 2.75) is 25.8 Å². The molecule has 90 valence electrons. The maximum atomic E-state index is 5.87. The van der Waals surface area contributed by atoms with Gasteiger partial charge in [-0.1, -0.05) is 6.07 Å². The van der Waals surface area contributed by atoms with Crippen molar-refractivity contribution in [2.75, 3.05) is 18.0 Å². The van der Waals surface area contributed by atoms with Crippen molar-refractivity contribution in [2.24, 2.45) is 5.73 Å². The van der Waals surface area contributed by atoms with Crippen LogP contribution in [0.15, 0.2) is 24.3 Å². The summed E-state index contributed by atoms with van der Waals surface area (Å²) in [4.78, 5) is 3.88. The van der Waals surface area contributed by atoms with Crippen LogP contribution >= 0.6 is 11.3 Å². The predicted octanol–water partition coefficient (Wildman–Crippen LogP) is 3.14. The molecule has 3 rings (SSSR count). The average molecular weight is 246 g/mol. The van der Waals surface area contributed by atoms with E-state index in [1.165, 1.54) is 33.5 Å². The monoisotopic (exact) mass is 246 g/mol. The molecule has 0 radical (unpaired) electrons. The van der Waals surface area contributed by atoms with Crippen LogP contribution in [0.4, 0.5) is 5.69 Å². The SMILES string of the molecule is Cc1cc2c(N3CCCC3CN)cccc2s1. The van der Waals surface area contributed by atoms with Gasteiger partial charge in [-0.3, -0.25) is 0 Å². The Labute approximate surface area is 106 Å². The van der Waals surface area contributed by atoms with Gasteiger partial charge in [0.1, 0.15) is 0 Å². The molecule has 17 heavy (non-hydrogen) atoms. The molecule has 1 fully saturated rings. The minimum Gasteiger partial charge on any atom is -0.367 e. The molecule has 0 aliphatic carbocycles. The third-order valence-electron chi connectivity index (χ3n) is 3.62.